The second-order valence-electron chi connectivity index (χ2n) is 8.05. The molecular weight excluding hydrogens is 424 g/mol. The smallest absolute Gasteiger partial charge is 0.326 e. The Bertz CT molecular complexity index is 616. The van der Waals surface area contributed by atoms with Crippen LogP contribution >= 0.6 is 11.8 Å². The third-order valence-corrected chi connectivity index (χ3v) is 5.75. The lowest BCUT2D eigenvalue weighted by Gasteiger charge is -2.27. The number of carbonyl (C=O) groups is 4. The van der Waals surface area contributed by atoms with Crippen molar-refractivity contribution in [2.24, 2.45) is 17.6 Å². The molecule has 0 rings (SSSR count). The Labute approximate surface area is 188 Å². The molecule has 0 spiro atoms. The van der Waals surface area contributed by atoms with Crippen LogP contribution in [-0.2, 0) is 19.2 Å². The zero-order valence-electron chi connectivity index (χ0n) is 19.2. The number of hydrogen-bond donors (Lipinski definition) is 6. The lowest BCUT2D eigenvalue weighted by atomic mass is 9.98. The van der Waals surface area contributed by atoms with Gasteiger partial charge in [-0.25, -0.2) is 4.79 Å². The number of aliphatic hydroxyl groups is 1. The molecule has 10 nitrogen and oxygen atoms in total. The van der Waals surface area contributed by atoms with E-state index in [0.29, 0.717) is 12.2 Å². The van der Waals surface area contributed by atoms with Crippen molar-refractivity contribution in [2.45, 2.75) is 77.7 Å². The highest BCUT2D eigenvalue weighted by Crippen LogP contribution is 2.10. The van der Waals surface area contributed by atoms with E-state index in [2.05, 4.69) is 16.0 Å². The highest BCUT2D eigenvalue weighted by atomic mass is 32.2. The minimum Gasteiger partial charge on any atom is -0.480 e. The van der Waals surface area contributed by atoms with Gasteiger partial charge in [-0.2, -0.15) is 11.8 Å². The van der Waals surface area contributed by atoms with Crippen molar-refractivity contribution in [3.8, 4) is 0 Å². The number of carbonyl (C=O) groups excluding carboxylic acids is 3. The van der Waals surface area contributed by atoms with Crippen molar-refractivity contribution >= 4 is 35.5 Å². The van der Waals surface area contributed by atoms with Gasteiger partial charge in [-0.1, -0.05) is 34.1 Å². The molecule has 6 unspecified atom stereocenters. The Kier molecular flexibility index (Phi) is 13.4. The number of carboxylic acid groups (broad SMARTS) is 1. The minimum atomic E-state index is -1.31. The van der Waals surface area contributed by atoms with Gasteiger partial charge in [-0.05, 0) is 37.2 Å². The summed E-state index contributed by atoms with van der Waals surface area (Å²) in [5.74, 6) is -3.09. The van der Waals surface area contributed by atoms with Gasteiger partial charge in [-0.15, -0.1) is 0 Å². The first-order valence-corrected chi connectivity index (χ1v) is 11.8. The van der Waals surface area contributed by atoms with Crippen LogP contribution in [0.5, 0.6) is 0 Å². The van der Waals surface area contributed by atoms with Gasteiger partial charge in [-0.3, -0.25) is 14.4 Å². The number of hydrogen-bond acceptors (Lipinski definition) is 7. The van der Waals surface area contributed by atoms with E-state index in [4.69, 9.17) is 5.73 Å². The van der Waals surface area contributed by atoms with Crippen LogP contribution in [0.2, 0.25) is 0 Å². The van der Waals surface area contributed by atoms with Crippen LogP contribution in [0, 0.1) is 11.8 Å². The van der Waals surface area contributed by atoms with Crippen molar-refractivity contribution in [1.82, 2.24) is 16.0 Å². The maximum absolute atomic E-state index is 12.8. The number of amides is 3. The highest BCUT2D eigenvalue weighted by molar-refractivity contribution is 7.98. The van der Waals surface area contributed by atoms with Gasteiger partial charge in [0.15, 0.2) is 0 Å². The Morgan fingerprint density at radius 3 is 1.90 bits per heavy atom. The summed E-state index contributed by atoms with van der Waals surface area (Å²) in [6.07, 6.45) is 1.39. The molecule has 0 aromatic heterocycles. The van der Waals surface area contributed by atoms with Gasteiger partial charge in [0, 0.05) is 0 Å². The molecule has 180 valence electrons. The number of aliphatic hydroxyl groups excluding tert-OH is 1. The number of carboxylic acids is 1. The highest BCUT2D eigenvalue weighted by Gasteiger charge is 2.33. The molecule has 3 amide bonds. The second-order valence-corrected chi connectivity index (χ2v) is 9.03. The SMILES string of the molecule is CCC(C)C(NC(=O)C(CCSC)NC(=O)C(NC(=O)C(N)C(C)C)C(C)O)C(=O)O. The second kappa shape index (κ2) is 14.3. The van der Waals surface area contributed by atoms with E-state index in [0.717, 1.165) is 0 Å². The zero-order chi connectivity index (χ0) is 24.3. The van der Waals surface area contributed by atoms with Gasteiger partial charge < -0.3 is 31.9 Å². The molecule has 0 saturated carbocycles. The molecule has 0 aliphatic rings. The first kappa shape index (κ1) is 29.1. The van der Waals surface area contributed by atoms with Crippen molar-refractivity contribution in [1.29, 1.82) is 0 Å². The summed E-state index contributed by atoms with van der Waals surface area (Å²) in [5, 5.41) is 26.9. The van der Waals surface area contributed by atoms with Crippen LogP contribution < -0.4 is 21.7 Å². The van der Waals surface area contributed by atoms with Crippen LogP contribution in [0.25, 0.3) is 0 Å². The zero-order valence-corrected chi connectivity index (χ0v) is 20.0. The van der Waals surface area contributed by atoms with Gasteiger partial charge in [0.05, 0.1) is 12.1 Å². The number of nitrogens with one attached hydrogen (secondary N) is 3. The average molecular weight is 463 g/mol. The Morgan fingerprint density at radius 2 is 1.48 bits per heavy atom. The van der Waals surface area contributed by atoms with Crippen molar-refractivity contribution in [3.05, 3.63) is 0 Å². The molecule has 31 heavy (non-hydrogen) atoms. The number of thioether (sulfide) groups is 1. The van der Waals surface area contributed by atoms with E-state index in [1.54, 1.807) is 20.8 Å². The lowest BCUT2D eigenvalue weighted by Crippen LogP contribution is -2.60. The van der Waals surface area contributed by atoms with Gasteiger partial charge in [0.1, 0.15) is 18.1 Å². The number of aliphatic carboxylic acids is 1. The normalized spacial score (nSPS) is 17.1. The van der Waals surface area contributed by atoms with Crippen molar-refractivity contribution < 1.29 is 29.4 Å². The molecule has 0 heterocycles. The van der Waals surface area contributed by atoms with E-state index in [-0.39, 0.29) is 18.3 Å². The molecule has 0 saturated heterocycles. The third kappa shape index (κ3) is 9.88. The summed E-state index contributed by atoms with van der Waals surface area (Å²) >= 11 is 1.46. The molecule has 0 aromatic rings. The van der Waals surface area contributed by atoms with Crippen LogP contribution in [-0.4, -0.2) is 76.2 Å². The molecule has 0 fully saturated rings. The topological polar surface area (TPSA) is 171 Å². The fourth-order valence-corrected chi connectivity index (χ4v) is 3.13. The summed E-state index contributed by atoms with van der Waals surface area (Å²) in [4.78, 5) is 49.3. The Hall–Kier alpha value is -1.85. The molecule has 0 aromatic carbocycles. The largest absolute Gasteiger partial charge is 0.480 e. The maximum Gasteiger partial charge on any atom is 0.326 e. The molecule has 11 heteroatoms. The molecule has 6 atom stereocenters. The Balaban J connectivity index is 5.45. The van der Waals surface area contributed by atoms with Crippen LogP contribution in [0.15, 0.2) is 0 Å². The molecule has 0 radical (unpaired) electrons. The summed E-state index contributed by atoms with van der Waals surface area (Å²) in [7, 11) is 0. The van der Waals surface area contributed by atoms with Gasteiger partial charge in [0.25, 0.3) is 0 Å². The summed E-state index contributed by atoms with van der Waals surface area (Å²) in [6.45, 7) is 8.37. The average Bonchev–Trinajstić information content (AvgIpc) is 2.70. The van der Waals surface area contributed by atoms with E-state index >= 15 is 0 Å². The van der Waals surface area contributed by atoms with Crippen LogP contribution in [0.4, 0.5) is 0 Å². The molecule has 0 aliphatic carbocycles. The predicted octanol–water partition coefficient (Wildman–Crippen LogP) is -0.311. The fraction of sp³-hybridized carbons (Fsp3) is 0.800. The number of nitrogens with two attached hydrogens (primary N) is 1. The Morgan fingerprint density at radius 1 is 0.935 bits per heavy atom. The van der Waals surface area contributed by atoms with Crippen molar-refractivity contribution in [3.63, 3.8) is 0 Å². The van der Waals surface area contributed by atoms with E-state index in [9.17, 15) is 29.4 Å². The minimum absolute atomic E-state index is 0.175. The standard InChI is InChI=1S/C20H38N4O6S/c1-7-11(4)15(20(29)30)23-17(26)13(8-9-31-6)22-19(28)16(12(5)25)24-18(27)14(21)10(2)3/h10-16,25H,7-9,21H2,1-6H3,(H,22,28)(H,23,26)(H,24,27)(H,29,30). The van der Waals surface area contributed by atoms with Gasteiger partial charge in [0.2, 0.25) is 17.7 Å². The first-order chi connectivity index (χ1) is 14.4. The molecule has 0 aliphatic heterocycles. The molecule has 0 bridgehead atoms. The van der Waals surface area contributed by atoms with Crippen LogP contribution in [0.3, 0.4) is 0 Å². The van der Waals surface area contributed by atoms with Gasteiger partial charge >= 0.3 is 5.97 Å². The lowest BCUT2D eigenvalue weighted by molar-refractivity contribution is -0.144. The monoisotopic (exact) mass is 462 g/mol. The predicted molar refractivity (Wildman–Crippen MR) is 120 cm³/mol. The van der Waals surface area contributed by atoms with E-state index in [1.807, 2.05) is 13.2 Å². The number of rotatable bonds is 14. The van der Waals surface area contributed by atoms with E-state index < -0.39 is 54.0 Å². The van der Waals surface area contributed by atoms with Crippen molar-refractivity contribution in [2.75, 3.05) is 12.0 Å². The van der Waals surface area contributed by atoms with E-state index in [1.165, 1.54) is 18.7 Å². The first-order valence-electron chi connectivity index (χ1n) is 10.4. The maximum atomic E-state index is 12.8. The summed E-state index contributed by atoms with van der Waals surface area (Å²) < 4.78 is 0. The third-order valence-electron chi connectivity index (χ3n) is 5.10. The van der Waals surface area contributed by atoms with Crippen LogP contribution in [0.1, 0.15) is 47.5 Å². The molecule has 7 N–H and O–H groups in total. The summed E-state index contributed by atoms with van der Waals surface area (Å²) in [5.41, 5.74) is 5.80. The quantitative estimate of drug-likeness (QED) is 0.204. The fourth-order valence-electron chi connectivity index (χ4n) is 2.66. The summed E-state index contributed by atoms with van der Waals surface area (Å²) in [6, 6.07) is -4.30. The molecular formula is C20H38N4O6S.